The van der Waals surface area contributed by atoms with E-state index in [4.69, 9.17) is 4.98 Å². The third-order valence-electron chi connectivity index (χ3n) is 3.79. The van der Waals surface area contributed by atoms with Crippen molar-refractivity contribution in [2.24, 2.45) is 7.05 Å². The summed E-state index contributed by atoms with van der Waals surface area (Å²) in [4.78, 5) is 4.79. The van der Waals surface area contributed by atoms with Crippen LogP contribution in [0.1, 0.15) is 30.1 Å². The Kier molecular flexibility index (Phi) is 1.50. The van der Waals surface area contributed by atoms with E-state index in [0.29, 0.717) is 0 Å². The van der Waals surface area contributed by atoms with Gasteiger partial charge in [0.1, 0.15) is 5.82 Å². The normalized spacial score (nSPS) is 18.8. The predicted octanol–water partition coefficient (Wildman–Crippen LogP) is 2.42. The van der Waals surface area contributed by atoms with Crippen molar-refractivity contribution in [2.45, 2.75) is 25.2 Å². The Morgan fingerprint density at radius 3 is 3.06 bits per heavy atom. The quantitative estimate of drug-likeness (QED) is 0.788. The van der Waals surface area contributed by atoms with E-state index in [0.717, 1.165) is 18.9 Å². The van der Waals surface area contributed by atoms with Gasteiger partial charge in [-0.05, 0) is 37.0 Å². The van der Waals surface area contributed by atoms with Crippen LogP contribution in [-0.4, -0.2) is 16.1 Å². The van der Waals surface area contributed by atoms with Crippen LogP contribution in [0.3, 0.4) is 0 Å². The highest BCUT2D eigenvalue weighted by molar-refractivity contribution is 5.83. The Morgan fingerprint density at radius 2 is 2.25 bits per heavy atom. The van der Waals surface area contributed by atoms with E-state index < -0.39 is 0 Å². The molecule has 3 heteroatoms. The van der Waals surface area contributed by atoms with Crippen molar-refractivity contribution in [3.05, 3.63) is 23.5 Å². The maximum absolute atomic E-state index is 4.79. The van der Waals surface area contributed by atoms with Gasteiger partial charge in [0.25, 0.3) is 0 Å². The number of imidazole rings is 1. The van der Waals surface area contributed by atoms with E-state index in [1.165, 1.54) is 41.0 Å². The number of fused-ring (bicyclic) bond motifs is 2. The minimum absolute atomic E-state index is 0.722. The molecule has 1 aliphatic carbocycles. The number of nitrogens with one attached hydrogen (secondary N) is 1. The summed E-state index contributed by atoms with van der Waals surface area (Å²) >= 11 is 0. The van der Waals surface area contributed by atoms with Crippen molar-refractivity contribution in [3.8, 4) is 0 Å². The average Bonchev–Trinajstić information content (AvgIpc) is 2.95. The van der Waals surface area contributed by atoms with Gasteiger partial charge in [0, 0.05) is 25.2 Å². The molecule has 0 amide bonds. The zero-order valence-corrected chi connectivity index (χ0v) is 9.45. The van der Waals surface area contributed by atoms with Gasteiger partial charge in [0.15, 0.2) is 0 Å². The fraction of sp³-hybridized carbons (Fsp3) is 0.462. The van der Waals surface area contributed by atoms with E-state index in [-0.39, 0.29) is 0 Å². The molecular weight excluding hydrogens is 198 g/mol. The smallest absolute Gasteiger partial charge is 0.112 e. The van der Waals surface area contributed by atoms with Crippen LogP contribution in [0, 0.1) is 0 Å². The van der Waals surface area contributed by atoms with Crippen molar-refractivity contribution in [1.29, 1.82) is 0 Å². The summed E-state index contributed by atoms with van der Waals surface area (Å²) in [5.74, 6) is 2.00. The van der Waals surface area contributed by atoms with Crippen LogP contribution in [0.4, 0.5) is 5.69 Å². The predicted molar refractivity (Wildman–Crippen MR) is 64.9 cm³/mol. The van der Waals surface area contributed by atoms with Crippen LogP contribution in [0.15, 0.2) is 12.1 Å². The van der Waals surface area contributed by atoms with E-state index >= 15 is 0 Å². The fourth-order valence-electron chi connectivity index (χ4n) is 2.71. The van der Waals surface area contributed by atoms with Crippen LogP contribution in [0.25, 0.3) is 11.0 Å². The molecule has 2 aromatic rings. The van der Waals surface area contributed by atoms with Gasteiger partial charge in [-0.2, -0.15) is 0 Å². The van der Waals surface area contributed by atoms with Gasteiger partial charge < -0.3 is 9.88 Å². The van der Waals surface area contributed by atoms with Crippen LogP contribution < -0.4 is 5.32 Å². The molecule has 1 N–H and O–H groups in total. The zero-order valence-electron chi connectivity index (χ0n) is 9.45. The number of benzene rings is 1. The maximum Gasteiger partial charge on any atom is 0.112 e. The van der Waals surface area contributed by atoms with Gasteiger partial charge >= 0.3 is 0 Å². The molecular formula is C13H15N3. The Hall–Kier alpha value is -1.51. The zero-order chi connectivity index (χ0) is 10.7. The molecule has 1 aliphatic heterocycles. The Labute approximate surface area is 94.5 Å². The summed E-state index contributed by atoms with van der Waals surface area (Å²) in [6, 6.07) is 4.52. The summed E-state index contributed by atoms with van der Waals surface area (Å²) in [7, 11) is 2.14. The van der Waals surface area contributed by atoms with Gasteiger partial charge in [-0.3, -0.25) is 0 Å². The number of aromatic nitrogens is 2. The van der Waals surface area contributed by atoms with Crippen LogP contribution in [-0.2, 0) is 13.5 Å². The molecule has 0 bridgehead atoms. The summed E-state index contributed by atoms with van der Waals surface area (Å²) in [5, 5.41) is 3.43. The molecule has 2 aliphatic rings. The first-order chi connectivity index (χ1) is 7.83. The van der Waals surface area contributed by atoms with E-state index in [9.17, 15) is 0 Å². The van der Waals surface area contributed by atoms with Gasteiger partial charge in [-0.25, -0.2) is 4.98 Å². The SMILES string of the molecule is Cn1c(C2CC2)nc2cc3c(cc21)NCC3. The number of aryl methyl sites for hydroxylation is 1. The lowest BCUT2D eigenvalue weighted by Gasteiger charge is -2.02. The van der Waals surface area contributed by atoms with Crippen LogP contribution >= 0.6 is 0 Å². The molecule has 0 spiro atoms. The number of hydrogen-bond acceptors (Lipinski definition) is 2. The Balaban J connectivity index is 1.99. The monoisotopic (exact) mass is 213 g/mol. The average molecular weight is 213 g/mol. The van der Waals surface area contributed by atoms with Gasteiger partial charge in [-0.1, -0.05) is 0 Å². The Morgan fingerprint density at radius 1 is 1.38 bits per heavy atom. The van der Waals surface area contributed by atoms with Crippen molar-refractivity contribution < 1.29 is 0 Å². The summed E-state index contributed by atoms with van der Waals surface area (Å²) in [6.07, 6.45) is 3.77. The largest absolute Gasteiger partial charge is 0.384 e. The lowest BCUT2D eigenvalue weighted by atomic mass is 10.1. The molecule has 1 aromatic carbocycles. The fourth-order valence-corrected chi connectivity index (χ4v) is 2.71. The first-order valence-corrected chi connectivity index (χ1v) is 6.06. The molecule has 1 aromatic heterocycles. The van der Waals surface area contributed by atoms with Crippen molar-refractivity contribution in [3.63, 3.8) is 0 Å². The molecule has 0 saturated heterocycles. The molecule has 3 nitrogen and oxygen atoms in total. The molecule has 1 saturated carbocycles. The number of hydrogen-bond donors (Lipinski definition) is 1. The Bertz CT molecular complexity index is 578. The second-order valence-corrected chi connectivity index (χ2v) is 4.98. The molecule has 0 atom stereocenters. The summed E-state index contributed by atoms with van der Waals surface area (Å²) in [6.45, 7) is 1.07. The molecule has 0 radical (unpaired) electrons. The lowest BCUT2D eigenvalue weighted by Crippen LogP contribution is -1.95. The number of anilines is 1. The van der Waals surface area contributed by atoms with E-state index in [1.807, 2.05) is 0 Å². The van der Waals surface area contributed by atoms with Gasteiger partial charge in [-0.15, -0.1) is 0 Å². The standard InChI is InChI=1S/C13H15N3/c1-16-12-7-10-9(4-5-14-10)6-11(12)15-13(16)8-2-3-8/h6-8,14H,2-5H2,1H3. The molecule has 4 rings (SSSR count). The third-order valence-corrected chi connectivity index (χ3v) is 3.79. The summed E-state index contributed by atoms with van der Waals surface area (Å²) < 4.78 is 2.27. The first kappa shape index (κ1) is 8.62. The third kappa shape index (κ3) is 1.06. The molecule has 16 heavy (non-hydrogen) atoms. The maximum atomic E-state index is 4.79. The van der Waals surface area contributed by atoms with Crippen LogP contribution in [0.5, 0.6) is 0 Å². The summed E-state index contributed by atoms with van der Waals surface area (Å²) in [5.41, 5.74) is 5.17. The number of rotatable bonds is 1. The van der Waals surface area contributed by atoms with Crippen molar-refractivity contribution in [1.82, 2.24) is 9.55 Å². The minimum atomic E-state index is 0.722. The molecule has 0 unspecified atom stereocenters. The molecule has 2 heterocycles. The highest BCUT2D eigenvalue weighted by atomic mass is 15.1. The van der Waals surface area contributed by atoms with Gasteiger partial charge in [0.05, 0.1) is 11.0 Å². The topological polar surface area (TPSA) is 29.9 Å². The molecule has 82 valence electrons. The highest BCUT2D eigenvalue weighted by Crippen LogP contribution is 2.41. The van der Waals surface area contributed by atoms with Crippen molar-refractivity contribution in [2.75, 3.05) is 11.9 Å². The second-order valence-electron chi connectivity index (χ2n) is 4.98. The second kappa shape index (κ2) is 2.78. The van der Waals surface area contributed by atoms with Crippen LogP contribution in [0.2, 0.25) is 0 Å². The number of nitrogens with zero attached hydrogens (tertiary/aromatic N) is 2. The minimum Gasteiger partial charge on any atom is -0.384 e. The lowest BCUT2D eigenvalue weighted by molar-refractivity contribution is 0.820. The van der Waals surface area contributed by atoms with Gasteiger partial charge in [0.2, 0.25) is 0 Å². The van der Waals surface area contributed by atoms with E-state index in [2.05, 4.69) is 29.1 Å². The molecule has 1 fully saturated rings. The highest BCUT2D eigenvalue weighted by Gasteiger charge is 2.29. The van der Waals surface area contributed by atoms with Crippen molar-refractivity contribution >= 4 is 16.7 Å². The van der Waals surface area contributed by atoms with E-state index in [1.54, 1.807) is 0 Å². The first-order valence-electron chi connectivity index (χ1n) is 6.06.